The van der Waals surface area contributed by atoms with Gasteiger partial charge in [0.05, 0.1) is 12.7 Å². The number of nitrogens with two attached hydrogens (primary N) is 1. The molecular formula is C12H14FNO2. The molecule has 86 valence electrons. The van der Waals surface area contributed by atoms with Crippen LogP contribution in [0.2, 0.25) is 0 Å². The molecule has 0 saturated heterocycles. The molecule has 0 unspecified atom stereocenters. The van der Waals surface area contributed by atoms with Crippen LogP contribution in [0.4, 0.5) is 4.39 Å². The maximum Gasteiger partial charge on any atom is 0.338 e. The minimum Gasteiger partial charge on any atom is -0.465 e. The smallest absolute Gasteiger partial charge is 0.338 e. The molecule has 3 nitrogen and oxygen atoms in total. The lowest BCUT2D eigenvalue weighted by Gasteiger charge is -2.06. The second-order valence-electron chi connectivity index (χ2n) is 3.32. The van der Waals surface area contributed by atoms with E-state index in [1.807, 2.05) is 0 Å². The number of rotatable bonds is 3. The summed E-state index contributed by atoms with van der Waals surface area (Å²) < 4.78 is 18.1. The number of hydrogen-bond acceptors (Lipinski definition) is 3. The summed E-state index contributed by atoms with van der Waals surface area (Å²) in [5.41, 5.74) is 6.52. The number of halogens is 1. The Balaban J connectivity index is 3.21. The van der Waals surface area contributed by atoms with Gasteiger partial charge >= 0.3 is 5.97 Å². The van der Waals surface area contributed by atoms with Gasteiger partial charge in [-0.3, -0.25) is 0 Å². The molecule has 0 aliphatic carbocycles. The van der Waals surface area contributed by atoms with E-state index in [4.69, 9.17) is 5.73 Å². The first kappa shape index (κ1) is 12.4. The van der Waals surface area contributed by atoms with Crippen LogP contribution in [0.1, 0.15) is 21.5 Å². The van der Waals surface area contributed by atoms with Gasteiger partial charge in [-0.05, 0) is 24.6 Å². The number of benzene rings is 1. The zero-order valence-electron chi connectivity index (χ0n) is 9.29. The molecule has 2 N–H and O–H groups in total. The highest BCUT2D eigenvalue weighted by molar-refractivity contribution is 5.91. The van der Waals surface area contributed by atoms with Gasteiger partial charge in [0.2, 0.25) is 0 Å². The van der Waals surface area contributed by atoms with Crippen molar-refractivity contribution in [3.63, 3.8) is 0 Å². The summed E-state index contributed by atoms with van der Waals surface area (Å²) in [4.78, 5) is 11.4. The third kappa shape index (κ3) is 2.67. The molecule has 0 spiro atoms. The summed E-state index contributed by atoms with van der Waals surface area (Å²) in [6, 6.07) is 2.77. The maximum atomic E-state index is 13.5. The highest BCUT2D eigenvalue weighted by Crippen LogP contribution is 2.17. The molecule has 0 aliphatic rings. The summed E-state index contributed by atoms with van der Waals surface area (Å²) in [5.74, 6) is -0.852. The van der Waals surface area contributed by atoms with Crippen molar-refractivity contribution in [2.45, 2.75) is 6.92 Å². The van der Waals surface area contributed by atoms with Gasteiger partial charge in [0.25, 0.3) is 0 Å². The first-order valence-corrected chi connectivity index (χ1v) is 4.85. The van der Waals surface area contributed by atoms with Gasteiger partial charge in [-0.2, -0.15) is 0 Å². The molecule has 4 heteroatoms. The lowest BCUT2D eigenvalue weighted by atomic mass is 10.0. The fourth-order valence-electron chi connectivity index (χ4n) is 1.34. The topological polar surface area (TPSA) is 52.3 Å². The summed E-state index contributed by atoms with van der Waals surface area (Å²) in [7, 11) is 1.29. The first-order valence-electron chi connectivity index (χ1n) is 4.85. The summed E-state index contributed by atoms with van der Waals surface area (Å²) >= 11 is 0. The van der Waals surface area contributed by atoms with Crippen LogP contribution in [0, 0.1) is 12.7 Å². The Labute approximate surface area is 93.7 Å². The third-order valence-corrected chi connectivity index (χ3v) is 2.18. The Morgan fingerprint density at radius 3 is 2.81 bits per heavy atom. The molecule has 0 amide bonds. The largest absolute Gasteiger partial charge is 0.465 e. The van der Waals surface area contributed by atoms with Crippen molar-refractivity contribution < 1.29 is 13.9 Å². The molecule has 1 aromatic carbocycles. The van der Waals surface area contributed by atoms with E-state index in [0.717, 1.165) is 0 Å². The lowest BCUT2D eigenvalue weighted by Crippen LogP contribution is -2.05. The van der Waals surface area contributed by atoms with E-state index in [-0.39, 0.29) is 5.82 Å². The summed E-state index contributed by atoms with van der Waals surface area (Å²) in [6.45, 7) is 1.98. The van der Waals surface area contributed by atoms with Gasteiger partial charge < -0.3 is 10.5 Å². The van der Waals surface area contributed by atoms with Gasteiger partial charge in [0.1, 0.15) is 5.82 Å². The first-order chi connectivity index (χ1) is 7.60. The van der Waals surface area contributed by atoms with Crippen LogP contribution >= 0.6 is 0 Å². The highest BCUT2D eigenvalue weighted by Gasteiger charge is 2.12. The third-order valence-electron chi connectivity index (χ3n) is 2.18. The van der Waals surface area contributed by atoms with Gasteiger partial charge in [-0.15, -0.1) is 0 Å². The molecule has 0 radical (unpaired) electrons. The Morgan fingerprint density at radius 2 is 2.25 bits per heavy atom. The lowest BCUT2D eigenvalue weighted by molar-refractivity contribution is 0.0600. The molecule has 0 fully saturated rings. The van der Waals surface area contributed by atoms with Gasteiger partial charge in [0, 0.05) is 12.1 Å². The quantitative estimate of drug-likeness (QED) is 0.796. The van der Waals surface area contributed by atoms with E-state index in [1.165, 1.54) is 19.2 Å². The monoisotopic (exact) mass is 223 g/mol. The minimum absolute atomic E-state index is 0.320. The van der Waals surface area contributed by atoms with E-state index in [1.54, 1.807) is 19.1 Å². The van der Waals surface area contributed by atoms with Crippen molar-refractivity contribution in [3.8, 4) is 0 Å². The molecule has 0 aliphatic heterocycles. The van der Waals surface area contributed by atoms with Gasteiger partial charge in [-0.1, -0.05) is 12.2 Å². The Kier molecular flexibility index (Phi) is 4.19. The van der Waals surface area contributed by atoms with Gasteiger partial charge in [-0.25, -0.2) is 9.18 Å². The average molecular weight is 223 g/mol. The summed E-state index contributed by atoms with van der Waals surface area (Å²) in [5, 5.41) is 0. The normalized spacial score (nSPS) is 10.8. The van der Waals surface area contributed by atoms with Crippen molar-refractivity contribution in [2.75, 3.05) is 13.7 Å². The van der Waals surface area contributed by atoms with Crippen LogP contribution in [0.25, 0.3) is 6.08 Å². The summed E-state index contributed by atoms with van der Waals surface area (Å²) in [6.07, 6.45) is 3.16. The maximum absolute atomic E-state index is 13.5. The fraction of sp³-hybridized carbons (Fsp3) is 0.250. The van der Waals surface area contributed by atoms with E-state index in [2.05, 4.69) is 4.74 Å². The van der Waals surface area contributed by atoms with Crippen LogP contribution in [0.5, 0.6) is 0 Å². The number of carbonyl (C=O) groups excluding carboxylic acids is 1. The number of carbonyl (C=O) groups is 1. The Bertz CT molecular complexity index is 427. The number of esters is 1. The van der Waals surface area contributed by atoms with Crippen molar-refractivity contribution >= 4 is 12.0 Å². The van der Waals surface area contributed by atoms with Crippen molar-refractivity contribution in [1.82, 2.24) is 0 Å². The molecule has 16 heavy (non-hydrogen) atoms. The van der Waals surface area contributed by atoms with Crippen molar-refractivity contribution in [1.29, 1.82) is 0 Å². The second kappa shape index (κ2) is 5.42. The number of aryl methyl sites for hydroxylation is 1. The number of methoxy groups -OCH3 is 1. The second-order valence-corrected chi connectivity index (χ2v) is 3.32. The SMILES string of the molecule is COC(=O)c1cc(/C=C/CN)c(F)cc1C. The molecule has 1 rings (SSSR count). The standard InChI is InChI=1S/C12H14FNO2/c1-8-6-11(13)9(4-3-5-14)7-10(8)12(15)16-2/h3-4,6-7H,5,14H2,1-2H3/b4-3+. The molecule has 0 atom stereocenters. The molecule has 0 bridgehead atoms. The van der Waals surface area contributed by atoms with Crippen LogP contribution in [-0.2, 0) is 4.74 Å². The minimum atomic E-state index is -0.472. The molecule has 1 aromatic rings. The fourth-order valence-corrected chi connectivity index (χ4v) is 1.34. The number of ether oxygens (including phenoxy) is 1. The molecule has 0 heterocycles. The van der Waals surface area contributed by atoms with E-state index in [9.17, 15) is 9.18 Å². The van der Waals surface area contributed by atoms with E-state index >= 15 is 0 Å². The Morgan fingerprint density at radius 1 is 1.56 bits per heavy atom. The van der Waals surface area contributed by atoms with E-state index < -0.39 is 5.97 Å². The zero-order chi connectivity index (χ0) is 12.1. The molecule has 0 saturated carbocycles. The van der Waals surface area contributed by atoms with Crippen molar-refractivity contribution in [2.24, 2.45) is 5.73 Å². The van der Waals surface area contributed by atoms with Crippen molar-refractivity contribution in [3.05, 3.63) is 40.7 Å². The predicted molar refractivity (Wildman–Crippen MR) is 60.6 cm³/mol. The van der Waals surface area contributed by atoms with Crippen LogP contribution in [0.15, 0.2) is 18.2 Å². The van der Waals surface area contributed by atoms with Gasteiger partial charge in [0.15, 0.2) is 0 Å². The van der Waals surface area contributed by atoms with Crippen LogP contribution in [-0.4, -0.2) is 19.6 Å². The molecule has 0 aromatic heterocycles. The predicted octanol–water partition coefficient (Wildman–Crippen LogP) is 1.89. The average Bonchev–Trinajstić information content (AvgIpc) is 2.27. The highest BCUT2D eigenvalue weighted by atomic mass is 19.1. The van der Waals surface area contributed by atoms with Crippen LogP contribution < -0.4 is 5.73 Å². The Hall–Kier alpha value is -1.68. The van der Waals surface area contributed by atoms with E-state index in [0.29, 0.717) is 23.2 Å². The number of hydrogen-bond donors (Lipinski definition) is 1. The van der Waals surface area contributed by atoms with Crippen LogP contribution in [0.3, 0.4) is 0 Å². The zero-order valence-corrected chi connectivity index (χ0v) is 9.29. The molecular weight excluding hydrogens is 209 g/mol.